The van der Waals surface area contributed by atoms with Crippen molar-refractivity contribution in [2.75, 3.05) is 0 Å². The number of hydrogen-bond donors (Lipinski definition) is 0. The highest BCUT2D eigenvalue weighted by atomic mass is 15.0. The first-order chi connectivity index (χ1) is 26.9. The minimum atomic E-state index is 0.325. The van der Waals surface area contributed by atoms with E-state index in [2.05, 4.69) is 135 Å². The molecule has 0 N–H and O–H groups in total. The van der Waals surface area contributed by atoms with Gasteiger partial charge in [0.2, 0.25) is 0 Å². The van der Waals surface area contributed by atoms with Gasteiger partial charge in [-0.1, -0.05) is 135 Å². The molecule has 2 bridgehead atoms. The normalized spacial score (nSPS) is 20.4. The third kappa shape index (κ3) is 7.11. The fraction of sp³-hybridized carbons (Fsp3) is 0.216. The van der Waals surface area contributed by atoms with Crippen LogP contribution in [-0.2, 0) is 5.41 Å². The Labute approximate surface area is 324 Å². The number of nitriles is 1. The van der Waals surface area contributed by atoms with E-state index in [1.807, 2.05) is 30.3 Å². The molecule has 1 aromatic heterocycles. The second-order valence-electron chi connectivity index (χ2n) is 16.1. The number of aromatic nitrogens is 3. The summed E-state index contributed by atoms with van der Waals surface area (Å²) in [5.74, 6) is 4.14. The van der Waals surface area contributed by atoms with E-state index < -0.39 is 0 Å². The average molecular weight is 713 g/mol. The Balaban J connectivity index is 1.10. The number of benzene rings is 6. The van der Waals surface area contributed by atoms with Crippen molar-refractivity contribution in [2.45, 2.75) is 51.4 Å². The predicted octanol–water partition coefficient (Wildman–Crippen LogP) is 12.8. The Morgan fingerprint density at radius 1 is 0.455 bits per heavy atom. The first kappa shape index (κ1) is 34.6. The lowest BCUT2D eigenvalue weighted by Crippen LogP contribution is -2.42. The highest BCUT2D eigenvalue weighted by Crippen LogP contribution is 2.54. The molecule has 0 aliphatic heterocycles. The smallest absolute Gasteiger partial charge is 0.164 e. The number of hydrogen-bond acceptors (Lipinski definition) is 4. The van der Waals surface area contributed by atoms with Crippen LogP contribution in [0.5, 0.6) is 0 Å². The zero-order valence-electron chi connectivity index (χ0n) is 31.5. The van der Waals surface area contributed by atoms with Crippen LogP contribution in [0, 0.1) is 29.1 Å². The Kier molecular flexibility index (Phi) is 9.16. The van der Waals surface area contributed by atoms with E-state index in [1.165, 1.54) is 48.8 Å². The third-order valence-corrected chi connectivity index (χ3v) is 11.9. The highest BCUT2D eigenvalue weighted by Gasteiger charge is 2.45. The lowest BCUT2D eigenvalue weighted by atomic mass is 9.54. The first-order valence-electron chi connectivity index (χ1n) is 19.7. The molecule has 2 fully saturated rings. The highest BCUT2D eigenvalue weighted by molar-refractivity contribution is 5.80. The molecule has 2 aliphatic carbocycles. The summed E-state index contributed by atoms with van der Waals surface area (Å²) in [6, 6.07) is 55.1. The van der Waals surface area contributed by atoms with Gasteiger partial charge in [-0.3, -0.25) is 0 Å². The van der Waals surface area contributed by atoms with Gasteiger partial charge < -0.3 is 0 Å². The van der Waals surface area contributed by atoms with E-state index >= 15 is 0 Å². The molecule has 4 heteroatoms. The summed E-state index contributed by atoms with van der Waals surface area (Å²) in [7, 11) is 0. The van der Waals surface area contributed by atoms with Gasteiger partial charge in [-0.25, -0.2) is 15.0 Å². The van der Waals surface area contributed by atoms with E-state index in [9.17, 15) is 5.26 Å². The Bertz CT molecular complexity index is 2420. The van der Waals surface area contributed by atoms with Gasteiger partial charge in [0.1, 0.15) is 0 Å². The molecule has 55 heavy (non-hydrogen) atoms. The van der Waals surface area contributed by atoms with Crippen LogP contribution in [0.2, 0.25) is 0 Å². The monoisotopic (exact) mass is 712 g/mol. The maximum atomic E-state index is 9.71. The van der Waals surface area contributed by atoms with Crippen LogP contribution in [0.4, 0.5) is 0 Å². The van der Waals surface area contributed by atoms with Gasteiger partial charge >= 0.3 is 0 Å². The fourth-order valence-corrected chi connectivity index (χ4v) is 9.73. The summed E-state index contributed by atoms with van der Waals surface area (Å²) in [5, 5.41) is 9.71. The zero-order valence-corrected chi connectivity index (χ0v) is 31.5. The van der Waals surface area contributed by atoms with Gasteiger partial charge in [-0.2, -0.15) is 5.26 Å². The maximum absolute atomic E-state index is 9.71. The quantitative estimate of drug-likeness (QED) is 0.165. The topological polar surface area (TPSA) is 62.5 Å². The van der Waals surface area contributed by atoms with Gasteiger partial charge in [0.05, 0.1) is 11.6 Å². The molecule has 1 heterocycles. The molecule has 0 amide bonds. The van der Waals surface area contributed by atoms with Crippen molar-refractivity contribution in [2.24, 2.45) is 17.8 Å². The lowest BCUT2D eigenvalue weighted by Gasteiger charge is -2.50. The molecule has 2 aliphatic rings. The Morgan fingerprint density at radius 2 is 0.909 bits per heavy atom. The van der Waals surface area contributed by atoms with Crippen LogP contribution < -0.4 is 0 Å². The number of rotatable bonds is 7. The average Bonchev–Trinajstić information content (AvgIpc) is 3.23. The van der Waals surface area contributed by atoms with Crippen LogP contribution in [0.3, 0.4) is 0 Å². The third-order valence-electron chi connectivity index (χ3n) is 11.9. The second kappa shape index (κ2) is 14.6. The summed E-state index contributed by atoms with van der Waals surface area (Å²) in [4.78, 5) is 15.2. The summed E-state index contributed by atoms with van der Waals surface area (Å²) < 4.78 is 0. The first-order valence-corrected chi connectivity index (χ1v) is 19.7. The number of fused-ring (bicyclic) bond motifs is 2. The van der Waals surface area contributed by atoms with Crippen LogP contribution in [0.25, 0.3) is 67.5 Å². The van der Waals surface area contributed by atoms with Crippen molar-refractivity contribution in [1.29, 1.82) is 5.26 Å². The summed E-state index contributed by atoms with van der Waals surface area (Å²) in [5.41, 5.74) is 11.8. The molecule has 4 atom stereocenters. The predicted molar refractivity (Wildman–Crippen MR) is 224 cm³/mol. The van der Waals surface area contributed by atoms with Gasteiger partial charge in [-0.05, 0) is 125 Å². The van der Waals surface area contributed by atoms with Crippen molar-refractivity contribution in [3.8, 4) is 73.6 Å². The molecule has 268 valence electrons. The van der Waals surface area contributed by atoms with E-state index in [4.69, 9.17) is 15.0 Å². The standard InChI is InChI=1S/C51H44N4/c1-34-24-37-25-35(2)31-51(30-34,32-37)47-22-20-41(21-23-47)40-16-18-42(19-17-40)48-53-49(43-15-9-10-36(26-43)33-52)55-50(54-48)46-28-44(38-11-5-3-6-12-38)27-45(29-46)39-13-7-4-8-14-39/h3-23,26-29,34-35,37H,24-25,30-32H2,1-2H3/t34-,35?,37-,51?/m1/s1. The van der Waals surface area contributed by atoms with Crippen molar-refractivity contribution in [3.63, 3.8) is 0 Å². The Morgan fingerprint density at radius 3 is 1.47 bits per heavy atom. The SMILES string of the molecule is CC1C[C@H]2C[C@@H](C)CC(c3ccc(-c4ccc(-c5nc(-c6cccc(C#N)c6)nc(-c6cc(-c7ccccc7)cc(-c7ccccc7)c6)n5)cc4)cc3)(C1)C2. The molecular weight excluding hydrogens is 669 g/mol. The maximum Gasteiger partial charge on any atom is 0.164 e. The number of nitrogens with zero attached hydrogens (tertiary/aromatic N) is 4. The molecule has 4 nitrogen and oxygen atoms in total. The van der Waals surface area contributed by atoms with Crippen molar-refractivity contribution >= 4 is 0 Å². The van der Waals surface area contributed by atoms with Gasteiger partial charge in [0.25, 0.3) is 0 Å². The lowest BCUT2D eigenvalue weighted by molar-refractivity contribution is 0.0780. The van der Waals surface area contributed by atoms with E-state index in [-0.39, 0.29) is 0 Å². The molecule has 0 saturated heterocycles. The van der Waals surface area contributed by atoms with Gasteiger partial charge in [-0.15, -0.1) is 0 Å². The van der Waals surface area contributed by atoms with Gasteiger partial charge in [0, 0.05) is 16.7 Å². The van der Waals surface area contributed by atoms with Crippen LogP contribution in [0.1, 0.15) is 57.1 Å². The fourth-order valence-electron chi connectivity index (χ4n) is 9.73. The van der Waals surface area contributed by atoms with Crippen LogP contribution in [-0.4, -0.2) is 15.0 Å². The van der Waals surface area contributed by atoms with Crippen molar-refractivity contribution in [1.82, 2.24) is 15.0 Å². The molecule has 7 aromatic rings. The second-order valence-corrected chi connectivity index (χ2v) is 16.1. The molecule has 0 spiro atoms. The van der Waals surface area contributed by atoms with Crippen LogP contribution in [0.15, 0.2) is 152 Å². The van der Waals surface area contributed by atoms with E-state index in [0.29, 0.717) is 28.5 Å². The molecule has 2 unspecified atom stereocenters. The molecule has 9 rings (SSSR count). The summed E-state index contributed by atoms with van der Waals surface area (Å²) in [6.45, 7) is 4.91. The van der Waals surface area contributed by atoms with Crippen LogP contribution >= 0.6 is 0 Å². The minimum absolute atomic E-state index is 0.325. The van der Waals surface area contributed by atoms with Crippen molar-refractivity contribution in [3.05, 3.63) is 163 Å². The minimum Gasteiger partial charge on any atom is -0.208 e. The van der Waals surface area contributed by atoms with Crippen molar-refractivity contribution < 1.29 is 0 Å². The van der Waals surface area contributed by atoms with E-state index in [1.54, 1.807) is 6.07 Å². The largest absolute Gasteiger partial charge is 0.208 e. The molecular formula is C51H44N4. The summed E-state index contributed by atoms with van der Waals surface area (Å²) in [6.07, 6.45) is 6.74. The summed E-state index contributed by atoms with van der Waals surface area (Å²) >= 11 is 0. The molecule has 6 aromatic carbocycles. The van der Waals surface area contributed by atoms with Gasteiger partial charge in [0.15, 0.2) is 17.5 Å². The zero-order chi connectivity index (χ0) is 37.4. The Hall–Kier alpha value is -6.18. The molecule has 0 radical (unpaired) electrons. The molecule has 2 saturated carbocycles. The van der Waals surface area contributed by atoms with E-state index in [0.717, 1.165) is 56.7 Å².